The van der Waals surface area contributed by atoms with E-state index in [1.165, 1.54) is 12.8 Å². The highest BCUT2D eigenvalue weighted by atomic mass is 32.2. The van der Waals surface area contributed by atoms with Crippen molar-refractivity contribution < 1.29 is 9.00 Å². The normalized spacial score (nSPS) is 32.6. The Hall–Kier alpha value is -0.180. The molecule has 0 heterocycles. The Balaban J connectivity index is 1.99. The van der Waals surface area contributed by atoms with E-state index in [-0.39, 0.29) is 11.0 Å². The molecule has 2 rings (SSSR count). The molecule has 0 N–H and O–H groups in total. The van der Waals surface area contributed by atoms with Crippen LogP contribution in [0.25, 0.3) is 0 Å². The molecule has 2 fully saturated rings. The largest absolute Gasteiger partial charge is 0.298 e. The summed E-state index contributed by atoms with van der Waals surface area (Å²) in [6, 6.07) is 0. The average Bonchev–Trinajstić information content (AvgIpc) is 2.72. The molecule has 0 aliphatic heterocycles. The highest BCUT2D eigenvalue weighted by Gasteiger charge is 2.34. The monoisotopic (exact) mass is 200 g/mol. The van der Waals surface area contributed by atoms with Crippen molar-refractivity contribution in [1.29, 1.82) is 0 Å². The highest BCUT2D eigenvalue weighted by molar-refractivity contribution is 7.87. The molecule has 0 saturated heterocycles. The molecule has 0 amide bonds. The van der Waals surface area contributed by atoms with Crippen LogP contribution in [0.15, 0.2) is 0 Å². The lowest BCUT2D eigenvalue weighted by molar-refractivity contribution is -0.117. The molecule has 2 atom stereocenters. The molecule has 2 unspecified atom stereocenters. The lowest BCUT2D eigenvalue weighted by Crippen LogP contribution is -2.27. The number of ketones is 1. The third-order valence-electron chi connectivity index (χ3n) is 3.16. The standard InChI is InChI=1S/C10H16O2S/c11-9-6-3-7-10(9)13(12)8-4-1-2-5-8/h8,10H,1-7H2. The predicted octanol–water partition coefficient (Wildman–Crippen LogP) is 1.80. The van der Waals surface area contributed by atoms with Crippen LogP contribution in [0.2, 0.25) is 0 Å². The maximum absolute atomic E-state index is 11.9. The Morgan fingerprint density at radius 1 is 1.08 bits per heavy atom. The first-order valence-corrected chi connectivity index (χ1v) is 6.49. The van der Waals surface area contributed by atoms with Gasteiger partial charge in [-0.3, -0.25) is 9.00 Å². The number of carbonyl (C=O) groups is 1. The van der Waals surface area contributed by atoms with Crippen LogP contribution in [0.5, 0.6) is 0 Å². The fourth-order valence-electron chi connectivity index (χ4n) is 2.38. The molecular weight excluding hydrogens is 184 g/mol. The third-order valence-corrected chi connectivity index (χ3v) is 5.35. The van der Waals surface area contributed by atoms with Crippen LogP contribution < -0.4 is 0 Å². The van der Waals surface area contributed by atoms with E-state index in [1.807, 2.05) is 0 Å². The van der Waals surface area contributed by atoms with Crippen molar-refractivity contribution in [2.24, 2.45) is 0 Å². The Morgan fingerprint density at radius 3 is 2.31 bits per heavy atom. The molecule has 0 bridgehead atoms. The Kier molecular flexibility index (Phi) is 2.82. The van der Waals surface area contributed by atoms with E-state index in [9.17, 15) is 9.00 Å². The highest BCUT2D eigenvalue weighted by Crippen LogP contribution is 2.29. The minimum Gasteiger partial charge on any atom is -0.298 e. The van der Waals surface area contributed by atoms with Gasteiger partial charge >= 0.3 is 0 Å². The Morgan fingerprint density at radius 2 is 1.77 bits per heavy atom. The minimum absolute atomic E-state index is 0.0944. The van der Waals surface area contributed by atoms with E-state index in [1.54, 1.807) is 0 Å². The van der Waals surface area contributed by atoms with E-state index in [4.69, 9.17) is 0 Å². The van der Waals surface area contributed by atoms with Gasteiger partial charge in [-0.25, -0.2) is 0 Å². The third kappa shape index (κ3) is 1.85. The number of carbonyl (C=O) groups excluding carboxylic acids is 1. The minimum atomic E-state index is -0.850. The topological polar surface area (TPSA) is 34.1 Å². The predicted molar refractivity (Wildman–Crippen MR) is 53.0 cm³/mol. The fourth-order valence-corrected chi connectivity index (χ4v) is 4.42. The molecule has 3 heteroatoms. The number of hydrogen-bond donors (Lipinski definition) is 0. The van der Waals surface area contributed by atoms with Crippen LogP contribution in [-0.2, 0) is 15.6 Å². The van der Waals surface area contributed by atoms with Crippen molar-refractivity contribution in [3.05, 3.63) is 0 Å². The van der Waals surface area contributed by atoms with E-state index < -0.39 is 10.8 Å². The van der Waals surface area contributed by atoms with Crippen molar-refractivity contribution in [2.45, 2.75) is 55.4 Å². The zero-order valence-corrected chi connectivity index (χ0v) is 8.65. The molecule has 2 aliphatic rings. The van der Waals surface area contributed by atoms with Crippen molar-refractivity contribution >= 4 is 16.6 Å². The molecule has 13 heavy (non-hydrogen) atoms. The maximum Gasteiger partial charge on any atom is 0.148 e. The van der Waals surface area contributed by atoms with Gasteiger partial charge in [-0.2, -0.15) is 0 Å². The zero-order valence-electron chi connectivity index (χ0n) is 7.83. The molecule has 74 valence electrons. The second-order valence-corrected chi connectivity index (χ2v) is 5.97. The van der Waals surface area contributed by atoms with E-state index >= 15 is 0 Å². The van der Waals surface area contributed by atoms with Crippen LogP contribution in [0, 0.1) is 0 Å². The van der Waals surface area contributed by atoms with Crippen molar-refractivity contribution in [3.63, 3.8) is 0 Å². The molecule has 0 aromatic heterocycles. The summed E-state index contributed by atoms with van der Waals surface area (Å²) in [5, 5.41) is 0.246. The second kappa shape index (κ2) is 3.91. The Bertz CT molecular complexity index is 231. The van der Waals surface area contributed by atoms with Crippen LogP contribution >= 0.6 is 0 Å². The fraction of sp³-hybridized carbons (Fsp3) is 0.900. The summed E-state index contributed by atoms with van der Waals surface area (Å²) in [5.74, 6) is 0.255. The van der Waals surface area contributed by atoms with Gasteiger partial charge in [0.1, 0.15) is 5.78 Å². The van der Waals surface area contributed by atoms with Gasteiger partial charge in [-0.05, 0) is 25.7 Å². The first-order valence-electron chi connectivity index (χ1n) is 5.21. The van der Waals surface area contributed by atoms with Crippen LogP contribution in [0.3, 0.4) is 0 Å². The summed E-state index contributed by atoms with van der Waals surface area (Å²) >= 11 is 0. The molecule has 0 radical (unpaired) electrons. The zero-order chi connectivity index (χ0) is 9.26. The summed E-state index contributed by atoms with van der Waals surface area (Å²) in [4.78, 5) is 11.4. The number of rotatable bonds is 2. The first kappa shape index (κ1) is 9.38. The summed E-state index contributed by atoms with van der Waals surface area (Å²) in [6.45, 7) is 0. The maximum atomic E-state index is 11.9. The Labute approximate surface area is 81.5 Å². The van der Waals surface area contributed by atoms with Crippen molar-refractivity contribution in [2.75, 3.05) is 0 Å². The lowest BCUT2D eigenvalue weighted by Gasteiger charge is -2.13. The van der Waals surface area contributed by atoms with Crippen LogP contribution in [0.4, 0.5) is 0 Å². The smallest absolute Gasteiger partial charge is 0.148 e. The molecule has 0 aromatic carbocycles. The van der Waals surface area contributed by atoms with Gasteiger partial charge in [-0.15, -0.1) is 0 Å². The van der Waals surface area contributed by atoms with E-state index in [0.29, 0.717) is 11.7 Å². The summed E-state index contributed by atoms with van der Waals surface area (Å²) in [7, 11) is -0.850. The lowest BCUT2D eigenvalue weighted by atomic mass is 10.3. The average molecular weight is 200 g/mol. The molecule has 2 nitrogen and oxygen atoms in total. The molecule has 2 saturated carbocycles. The molecule has 0 spiro atoms. The molecule has 0 aromatic rings. The van der Waals surface area contributed by atoms with Crippen molar-refractivity contribution in [1.82, 2.24) is 0 Å². The van der Waals surface area contributed by atoms with Gasteiger partial charge < -0.3 is 0 Å². The first-order chi connectivity index (χ1) is 6.29. The van der Waals surface area contributed by atoms with E-state index in [0.717, 1.165) is 25.7 Å². The van der Waals surface area contributed by atoms with Crippen LogP contribution in [0.1, 0.15) is 44.9 Å². The SMILES string of the molecule is O=C1CCCC1S(=O)C1CCCC1. The van der Waals surface area contributed by atoms with Gasteiger partial charge in [0.15, 0.2) is 0 Å². The number of Topliss-reactive ketones (excluding diaryl/α,β-unsaturated/α-hetero) is 1. The van der Waals surface area contributed by atoms with Gasteiger partial charge in [0.2, 0.25) is 0 Å². The van der Waals surface area contributed by atoms with Gasteiger partial charge in [-0.1, -0.05) is 12.8 Å². The number of hydrogen-bond acceptors (Lipinski definition) is 2. The second-order valence-electron chi connectivity index (χ2n) is 4.08. The van der Waals surface area contributed by atoms with Gasteiger partial charge in [0, 0.05) is 22.5 Å². The molecular formula is C10H16O2S. The molecule has 2 aliphatic carbocycles. The summed E-state index contributed by atoms with van der Waals surface area (Å²) < 4.78 is 11.9. The quantitative estimate of drug-likeness (QED) is 0.681. The van der Waals surface area contributed by atoms with Crippen molar-refractivity contribution in [3.8, 4) is 0 Å². The summed E-state index contributed by atoms with van der Waals surface area (Å²) in [5.41, 5.74) is 0. The van der Waals surface area contributed by atoms with Crippen LogP contribution in [-0.4, -0.2) is 20.5 Å². The summed E-state index contributed by atoms with van der Waals surface area (Å²) in [6.07, 6.45) is 7.08. The van der Waals surface area contributed by atoms with E-state index in [2.05, 4.69) is 0 Å². The van der Waals surface area contributed by atoms with Gasteiger partial charge in [0.05, 0.1) is 5.25 Å². The van der Waals surface area contributed by atoms with Gasteiger partial charge in [0.25, 0.3) is 0 Å².